The van der Waals surface area contributed by atoms with Gasteiger partial charge in [-0.2, -0.15) is 5.10 Å². The second-order valence-corrected chi connectivity index (χ2v) is 7.53. The summed E-state index contributed by atoms with van der Waals surface area (Å²) in [4.78, 5) is 23.2. The van der Waals surface area contributed by atoms with Gasteiger partial charge in [0.2, 0.25) is 0 Å². The van der Waals surface area contributed by atoms with E-state index in [4.69, 9.17) is 32.4 Å². The predicted octanol–water partition coefficient (Wildman–Crippen LogP) is 5.25. The zero-order chi connectivity index (χ0) is 22.0. The molecule has 1 aromatic heterocycles. The molecule has 2 aromatic carbocycles. The minimum Gasteiger partial charge on any atom is -0.482 e. The molecule has 0 aliphatic carbocycles. The molecular formula is C21H15Cl2N3O5. The van der Waals surface area contributed by atoms with E-state index in [0.717, 1.165) is 5.56 Å². The third-order valence-corrected chi connectivity index (χ3v) is 5.24. The molecule has 10 heteroatoms. The zero-order valence-electron chi connectivity index (χ0n) is 15.9. The first-order valence-electron chi connectivity index (χ1n) is 9.18. The summed E-state index contributed by atoms with van der Waals surface area (Å²) < 4.78 is 11.0. The Labute approximate surface area is 186 Å². The van der Waals surface area contributed by atoms with Crippen LogP contribution in [0.2, 0.25) is 10.0 Å². The van der Waals surface area contributed by atoms with E-state index in [9.17, 15) is 14.9 Å². The topological polar surface area (TPSA) is 98.2 Å². The van der Waals surface area contributed by atoms with Crippen molar-refractivity contribution in [3.05, 3.63) is 92.3 Å². The summed E-state index contributed by atoms with van der Waals surface area (Å²) in [6.07, 6.45) is 1.99. The van der Waals surface area contributed by atoms with Crippen molar-refractivity contribution in [2.45, 2.75) is 12.5 Å². The second-order valence-electron chi connectivity index (χ2n) is 6.69. The minimum absolute atomic E-state index is 0.0383. The van der Waals surface area contributed by atoms with Gasteiger partial charge in [-0.1, -0.05) is 35.3 Å². The van der Waals surface area contributed by atoms with E-state index in [1.54, 1.807) is 24.3 Å². The molecule has 1 unspecified atom stereocenters. The maximum absolute atomic E-state index is 12.9. The van der Waals surface area contributed by atoms with Crippen LogP contribution in [0.4, 0.5) is 5.69 Å². The van der Waals surface area contributed by atoms with Crippen LogP contribution in [-0.2, 0) is 4.79 Å². The summed E-state index contributed by atoms with van der Waals surface area (Å²) in [5.41, 5.74) is 1.38. The van der Waals surface area contributed by atoms with Crippen molar-refractivity contribution in [2.24, 2.45) is 5.10 Å². The van der Waals surface area contributed by atoms with Gasteiger partial charge < -0.3 is 9.15 Å². The van der Waals surface area contributed by atoms with Gasteiger partial charge in [0.25, 0.3) is 11.6 Å². The van der Waals surface area contributed by atoms with Crippen LogP contribution in [-0.4, -0.2) is 28.2 Å². The van der Waals surface area contributed by atoms with Crippen LogP contribution in [0.3, 0.4) is 0 Å². The molecule has 1 aliphatic heterocycles. The fourth-order valence-corrected chi connectivity index (χ4v) is 3.54. The average molecular weight is 460 g/mol. The second kappa shape index (κ2) is 8.79. The van der Waals surface area contributed by atoms with Crippen molar-refractivity contribution < 1.29 is 18.9 Å². The number of nitro groups is 1. The number of furan rings is 1. The van der Waals surface area contributed by atoms with Crippen LogP contribution in [0.5, 0.6) is 5.75 Å². The summed E-state index contributed by atoms with van der Waals surface area (Å²) in [6.45, 7) is -0.355. The van der Waals surface area contributed by atoms with Crippen LogP contribution in [0.1, 0.15) is 23.8 Å². The number of hydrazone groups is 1. The number of carbonyl (C=O) groups excluding carboxylic acids is 1. The van der Waals surface area contributed by atoms with Crippen LogP contribution >= 0.6 is 23.2 Å². The molecule has 1 atom stereocenters. The van der Waals surface area contributed by atoms with Gasteiger partial charge >= 0.3 is 0 Å². The molecule has 1 amide bonds. The number of ether oxygens (including phenoxy) is 1. The van der Waals surface area contributed by atoms with Gasteiger partial charge in [0.15, 0.2) is 6.61 Å². The van der Waals surface area contributed by atoms with E-state index >= 15 is 0 Å². The lowest BCUT2D eigenvalue weighted by Crippen LogP contribution is -2.31. The van der Waals surface area contributed by atoms with E-state index in [2.05, 4.69) is 5.10 Å². The number of carbonyl (C=O) groups is 1. The highest BCUT2D eigenvalue weighted by Gasteiger charge is 2.35. The number of non-ortho nitro benzene ring substituents is 1. The molecule has 0 bridgehead atoms. The number of halogens is 2. The Morgan fingerprint density at radius 3 is 2.65 bits per heavy atom. The Morgan fingerprint density at radius 2 is 2.00 bits per heavy atom. The highest BCUT2D eigenvalue weighted by molar-refractivity contribution is 6.32. The third kappa shape index (κ3) is 4.55. The number of benzene rings is 2. The zero-order valence-corrected chi connectivity index (χ0v) is 17.4. The average Bonchev–Trinajstić information content (AvgIpc) is 3.43. The van der Waals surface area contributed by atoms with Gasteiger partial charge in [0.05, 0.1) is 21.9 Å². The fourth-order valence-electron chi connectivity index (χ4n) is 3.19. The van der Waals surface area contributed by atoms with Crippen LogP contribution < -0.4 is 4.74 Å². The van der Waals surface area contributed by atoms with Crippen molar-refractivity contribution in [3.63, 3.8) is 0 Å². The normalized spacial score (nSPS) is 15.6. The van der Waals surface area contributed by atoms with Crippen molar-refractivity contribution >= 4 is 40.5 Å². The first kappa shape index (κ1) is 20.9. The molecule has 0 fully saturated rings. The summed E-state index contributed by atoms with van der Waals surface area (Å²) in [7, 11) is 0. The number of rotatable bonds is 6. The summed E-state index contributed by atoms with van der Waals surface area (Å²) in [6, 6.07) is 14.0. The van der Waals surface area contributed by atoms with Gasteiger partial charge in [-0.3, -0.25) is 14.9 Å². The first-order valence-corrected chi connectivity index (χ1v) is 9.93. The molecule has 2 heterocycles. The Balaban J connectivity index is 1.53. The highest BCUT2D eigenvalue weighted by atomic mass is 35.5. The van der Waals surface area contributed by atoms with Crippen molar-refractivity contribution in [3.8, 4) is 5.75 Å². The predicted molar refractivity (Wildman–Crippen MR) is 115 cm³/mol. The maximum Gasteiger partial charge on any atom is 0.281 e. The van der Waals surface area contributed by atoms with Crippen LogP contribution in [0.25, 0.3) is 0 Å². The van der Waals surface area contributed by atoms with Gasteiger partial charge in [-0.15, -0.1) is 0 Å². The minimum atomic E-state index is -0.563. The molecule has 4 rings (SSSR count). The summed E-state index contributed by atoms with van der Waals surface area (Å²) in [5, 5.41) is 17.3. The summed E-state index contributed by atoms with van der Waals surface area (Å²) in [5.74, 6) is 0.338. The molecule has 8 nitrogen and oxygen atoms in total. The molecule has 1 aliphatic rings. The lowest BCUT2D eigenvalue weighted by Gasteiger charge is -2.20. The molecule has 158 valence electrons. The van der Waals surface area contributed by atoms with Crippen molar-refractivity contribution in [1.29, 1.82) is 0 Å². The first-order chi connectivity index (χ1) is 14.9. The standard InChI is InChI=1S/C21H15Cl2N3O5/c22-14-5-3-13(4-6-14)17-11-18(20-2-1-9-30-20)25(24-17)21(27)12-31-19-8-7-15(26(28)29)10-16(19)23/h1-10,18H,11-12H2. The van der Waals surface area contributed by atoms with Gasteiger partial charge in [-0.25, -0.2) is 5.01 Å². The molecule has 3 aromatic rings. The summed E-state index contributed by atoms with van der Waals surface area (Å²) >= 11 is 12.0. The van der Waals surface area contributed by atoms with Crippen molar-refractivity contribution in [2.75, 3.05) is 6.61 Å². The van der Waals surface area contributed by atoms with E-state index in [1.807, 2.05) is 12.1 Å². The molecule has 31 heavy (non-hydrogen) atoms. The Bertz CT molecular complexity index is 1150. The van der Waals surface area contributed by atoms with Gasteiger partial charge in [0.1, 0.15) is 17.6 Å². The molecule has 0 spiro atoms. The number of hydrogen-bond acceptors (Lipinski definition) is 6. The lowest BCUT2D eigenvalue weighted by atomic mass is 10.0. The van der Waals surface area contributed by atoms with E-state index in [-0.39, 0.29) is 23.1 Å². The maximum atomic E-state index is 12.9. The van der Waals surface area contributed by atoms with Crippen LogP contribution in [0.15, 0.2) is 70.4 Å². The van der Waals surface area contributed by atoms with E-state index in [0.29, 0.717) is 22.9 Å². The van der Waals surface area contributed by atoms with Crippen LogP contribution in [0, 0.1) is 10.1 Å². The van der Waals surface area contributed by atoms with Gasteiger partial charge in [0, 0.05) is 23.6 Å². The monoisotopic (exact) mass is 459 g/mol. The smallest absolute Gasteiger partial charge is 0.281 e. The molecule has 0 N–H and O–H groups in total. The lowest BCUT2D eigenvalue weighted by molar-refractivity contribution is -0.384. The Hall–Kier alpha value is -3.36. The Kier molecular flexibility index (Phi) is 5.92. The van der Waals surface area contributed by atoms with E-state index < -0.39 is 16.9 Å². The third-order valence-electron chi connectivity index (χ3n) is 4.69. The number of amides is 1. The number of hydrogen-bond donors (Lipinski definition) is 0. The SMILES string of the molecule is O=C(COc1ccc([N+](=O)[O-])cc1Cl)N1N=C(c2ccc(Cl)cc2)CC1c1ccco1. The van der Waals surface area contributed by atoms with Crippen molar-refractivity contribution in [1.82, 2.24) is 5.01 Å². The molecular weight excluding hydrogens is 445 g/mol. The quantitative estimate of drug-likeness (QED) is 0.370. The number of nitro benzene ring substituents is 1. The largest absolute Gasteiger partial charge is 0.482 e. The molecule has 0 radical (unpaired) electrons. The van der Waals surface area contributed by atoms with Gasteiger partial charge in [-0.05, 0) is 35.9 Å². The number of nitrogens with zero attached hydrogens (tertiary/aromatic N) is 3. The van der Waals surface area contributed by atoms with E-state index in [1.165, 1.54) is 29.5 Å². The Morgan fingerprint density at radius 1 is 1.23 bits per heavy atom. The fraction of sp³-hybridized carbons (Fsp3) is 0.143. The molecule has 0 saturated carbocycles. The highest BCUT2D eigenvalue weighted by Crippen LogP contribution is 2.34. The molecule has 0 saturated heterocycles.